The number of rotatable bonds is 7. The Bertz CT molecular complexity index is 572. The van der Waals surface area contributed by atoms with Crippen LogP contribution in [0, 0.1) is 13.8 Å². The fraction of sp³-hybridized carbons (Fsp3) is 0.500. The largest absolute Gasteiger partial charge is 0.314 e. The molecule has 0 amide bonds. The second kappa shape index (κ2) is 7.41. The van der Waals surface area contributed by atoms with Gasteiger partial charge in [-0.25, -0.2) is 0 Å². The van der Waals surface area contributed by atoms with Crippen LogP contribution in [0.15, 0.2) is 30.6 Å². The molecule has 1 heterocycles. The molecule has 0 fully saturated rings. The van der Waals surface area contributed by atoms with Crippen LogP contribution in [0.25, 0.3) is 0 Å². The Morgan fingerprint density at radius 1 is 1.29 bits per heavy atom. The van der Waals surface area contributed by atoms with Gasteiger partial charge in [0, 0.05) is 19.3 Å². The molecule has 1 unspecified atom stereocenters. The van der Waals surface area contributed by atoms with Crippen molar-refractivity contribution in [3.8, 4) is 0 Å². The van der Waals surface area contributed by atoms with E-state index in [1.54, 1.807) is 0 Å². The van der Waals surface area contributed by atoms with Crippen molar-refractivity contribution in [2.75, 3.05) is 6.54 Å². The molecule has 0 bridgehead atoms. The summed E-state index contributed by atoms with van der Waals surface area (Å²) in [6.45, 7) is 7.57. The zero-order valence-corrected chi connectivity index (χ0v) is 13.7. The highest BCUT2D eigenvalue weighted by Gasteiger charge is 2.11. The molecule has 114 valence electrons. The lowest BCUT2D eigenvalue weighted by Crippen LogP contribution is -2.31. The first-order valence-electron chi connectivity index (χ1n) is 7.85. The molecule has 1 N–H and O–H groups in total. The maximum atomic E-state index is 4.25. The fourth-order valence-electron chi connectivity index (χ4n) is 2.79. The summed E-state index contributed by atoms with van der Waals surface area (Å²) in [5.74, 6) is 0. The van der Waals surface area contributed by atoms with Crippen molar-refractivity contribution in [3.63, 3.8) is 0 Å². The summed E-state index contributed by atoms with van der Waals surface area (Å²) >= 11 is 0. The van der Waals surface area contributed by atoms with Gasteiger partial charge in [-0.2, -0.15) is 5.10 Å². The van der Waals surface area contributed by atoms with Crippen molar-refractivity contribution >= 4 is 0 Å². The van der Waals surface area contributed by atoms with E-state index in [0.717, 1.165) is 25.8 Å². The van der Waals surface area contributed by atoms with Crippen molar-refractivity contribution in [1.29, 1.82) is 0 Å². The van der Waals surface area contributed by atoms with E-state index in [0.29, 0.717) is 6.04 Å². The number of benzene rings is 1. The van der Waals surface area contributed by atoms with Crippen LogP contribution in [-0.4, -0.2) is 22.4 Å². The van der Waals surface area contributed by atoms with Crippen LogP contribution in [0.2, 0.25) is 0 Å². The summed E-state index contributed by atoms with van der Waals surface area (Å²) in [6.07, 6.45) is 7.41. The van der Waals surface area contributed by atoms with Gasteiger partial charge in [-0.3, -0.25) is 4.68 Å². The molecule has 2 aromatic rings. The van der Waals surface area contributed by atoms with Crippen LogP contribution >= 0.6 is 0 Å². The average Bonchev–Trinajstić information content (AvgIpc) is 2.86. The summed E-state index contributed by atoms with van der Waals surface area (Å²) in [4.78, 5) is 0. The number of nitrogens with one attached hydrogen (secondary N) is 1. The number of aromatic nitrogens is 2. The zero-order valence-electron chi connectivity index (χ0n) is 13.7. The van der Waals surface area contributed by atoms with Gasteiger partial charge >= 0.3 is 0 Å². The van der Waals surface area contributed by atoms with E-state index < -0.39 is 0 Å². The minimum absolute atomic E-state index is 0.524. The van der Waals surface area contributed by atoms with Gasteiger partial charge in [0.15, 0.2) is 0 Å². The van der Waals surface area contributed by atoms with E-state index >= 15 is 0 Å². The minimum atomic E-state index is 0.524. The molecule has 0 aliphatic rings. The van der Waals surface area contributed by atoms with Crippen molar-refractivity contribution in [2.24, 2.45) is 7.05 Å². The van der Waals surface area contributed by atoms with Gasteiger partial charge < -0.3 is 5.32 Å². The maximum Gasteiger partial charge on any atom is 0.0521 e. The van der Waals surface area contributed by atoms with Crippen LogP contribution in [0.3, 0.4) is 0 Å². The first-order chi connectivity index (χ1) is 10.1. The SMILES string of the molecule is CCNC(CCc1cnn(C)c1)Cc1cc(C)ccc1C. The molecular formula is C18H27N3. The highest BCUT2D eigenvalue weighted by atomic mass is 15.2. The topological polar surface area (TPSA) is 29.9 Å². The molecule has 2 rings (SSSR count). The third kappa shape index (κ3) is 4.71. The average molecular weight is 285 g/mol. The number of aryl methyl sites for hydroxylation is 4. The number of hydrogen-bond acceptors (Lipinski definition) is 2. The third-order valence-corrected chi connectivity index (χ3v) is 4.00. The van der Waals surface area contributed by atoms with E-state index in [2.05, 4.69) is 55.6 Å². The monoisotopic (exact) mass is 285 g/mol. The van der Waals surface area contributed by atoms with Gasteiger partial charge in [0.25, 0.3) is 0 Å². The molecule has 1 aromatic carbocycles. The van der Waals surface area contributed by atoms with Crippen molar-refractivity contribution in [1.82, 2.24) is 15.1 Å². The minimum Gasteiger partial charge on any atom is -0.314 e. The summed E-state index contributed by atoms with van der Waals surface area (Å²) in [5, 5.41) is 7.87. The number of nitrogens with zero attached hydrogens (tertiary/aromatic N) is 2. The molecule has 1 aromatic heterocycles. The van der Waals surface area contributed by atoms with Crippen LogP contribution < -0.4 is 5.32 Å². The van der Waals surface area contributed by atoms with Crippen LogP contribution in [-0.2, 0) is 19.9 Å². The summed E-state index contributed by atoms with van der Waals surface area (Å²) in [5.41, 5.74) is 5.52. The van der Waals surface area contributed by atoms with Crippen molar-refractivity contribution < 1.29 is 0 Å². The molecule has 1 atom stereocenters. The smallest absolute Gasteiger partial charge is 0.0521 e. The van der Waals surface area contributed by atoms with Gasteiger partial charge in [0.2, 0.25) is 0 Å². The first-order valence-corrected chi connectivity index (χ1v) is 7.85. The molecule has 0 saturated carbocycles. The molecule has 0 spiro atoms. The molecule has 21 heavy (non-hydrogen) atoms. The Morgan fingerprint density at radius 3 is 2.76 bits per heavy atom. The Hall–Kier alpha value is -1.61. The van der Waals surface area contributed by atoms with E-state index in [-0.39, 0.29) is 0 Å². The Labute approximate surface area is 128 Å². The van der Waals surface area contributed by atoms with E-state index in [9.17, 15) is 0 Å². The van der Waals surface area contributed by atoms with Crippen molar-refractivity contribution in [3.05, 3.63) is 52.8 Å². The van der Waals surface area contributed by atoms with Gasteiger partial charge in [0.05, 0.1) is 6.20 Å². The van der Waals surface area contributed by atoms with Gasteiger partial charge in [-0.1, -0.05) is 30.7 Å². The highest BCUT2D eigenvalue weighted by Crippen LogP contribution is 2.15. The molecule has 3 nitrogen and oxygen atoms in total. The third-order valence-electron chi connectivity index (χ3n) is 4.00. The van der Waals surface area contributed by atoms with E-state index in [1.165, 1.54) is 22.3 Å². The predicted molar refractivity (Wildman–Crippen MR) is 88.6 cm³/mol. The predicted octanol–water partition coefficient (Wildman–Crippen LogP) is 3.19. The van der Waals surface area contributed by atoms with Gasteiger partial charge in [-0.15, -0.1) is 0 Å². The second-order valence-electron chi connectivity index (χ2n) is 5.95. The van der Waals surface area contributed by atoms with E-state index in [4.69, 9.17) is 0 Å². The molecule has 3 heteroatoms. The zero-order chi connectivity index (χ0) is 15.2. The Kier molecular flexibility index (Phi) is 5.57. The Balaban J connectivity index is 1.99. The van der Waals surface area contributed by atoms with E-state index in [1.807, 2.05) is 17.9 Å². The maximum absolute atomic E-state index is 4.25. The quantitative estimate of drug-likeness (QED) is 0.846. The van der Waals surface area contributed by atoms with Crippen LogP contribution in [0.5, 0.6) is 0 Å². The molecule has 0 saturated heterocycles. The molecule has 0 radical (unpaired) electrons. The van der Waals surface area contributed by atoms with Gasteiger partial charge in [-0.05, 0) is 56.3 Å². The highest BCUT2D eigenvalue weighted by molar-refractivity contribution is 5.31. The summed E-state index contributed by atoms with van der Waals surface area (Å²) < 4.78 is 1.88. The standard InChI is InChI=1S/C18H27N3/c1-5-19-18(9-8-16-12-20-21(4)13-16)11-17-10-14(2)6-7-15(17)3/h6-7,10,12-13,18-19H,5,8-9,11H2,1-4H3. The number of likely N-dealkylation sites (N-methyl/N-ethyl adjacent to an activating group) is 1. The van der Waals surface area contributed by atoms with Crippen LogP contribution in [0.1, 0.15) is 35.6 Å². The first kappa shape index (κ1) is 15.8. The van der Waals surface area contributed by atoms with Crippen molar-refractivity contribution in [2.45, 2.75) is 46.1 Å². The normalized spacial score (nSPS) is 12.6. The summed E-state index contributed by atoms with van der Waals surface area (Å²) in [7, 11) is 1.97. The lowest BCUT2D eigenvalue weighted by atomic mass is 9.96. The lowest BCUT2D eigenvalue weighted by Gasteiger charge is -2.19. The molecular weight excluding hydrogens is 258 g/mol. The summed E-state index contributed by atoms with van der Waals surface area (Å²) in [6, 6.07) is 7.27. The fourth-order valence-corrected chi connectivity index (χ4v) is 2.79. The van der Waals surface area contributed by atoms with Crippen LogP contribution in [0.4, 0.5) is 0 Å². The lowest BCUT2D eigenvalue weighted by molar-refractivity contribution is 0.490. The molecule has 0 aliphatic carbocycles. The molecule has 0 aliphatic heterocycles. The van der Waals surface area contributed by atoms with Gasteiger partial charge in [0.1, 0.15) is 0 Å². The Morgan fingerprint density at radius 2 is 2.10 bits per heavy atom. The second-order valence-corrected chi connectivity index (χ2v) is 5.95. The number of hydrogen-bond donors (Lipinski definition) is 1.